The maximum Gasteiger partial charge on any atom is 0.278 e. The molecule has 124 valence electrons. The molecule has 0 spiro atoms. The van der Waals surface area contributed by atoms with Crippen LogP contribution in [0.4, 0.5) is 5.69 Å². The minimum absolute atomic E-state index is 0.00880. The molecule has 1 aliphatic rings. The van der Waals surface area contributed by atoms with Crippen molar-refractivity contribution in [3.63, 3.8) is 0 Å². The molecule has 23 heavy (non-hydrogen) atoms. The minimum Gasteiger partial charge on any atom is -0.505 e. The molecule has 3 rings (SSSR count). The number of nitrogens with zero attached hydrogens (tertiary/aromatic N) is 1. The van der Waals surface area contributed by atoms with Crippen molar-refractivity contribution >= 4 is 32.5 Å². The molecule has 0 unspecified atom stereocenters. The van der Waals surface area contributed by atoms with Crippen LogP contribution in [0.5, 0.6) is 5.75 Å². The Hall–Kier alpha value is -1.75. The number of anilines is 1. The molecule has 0 aliphatic heterocycles. The van der Waals surface area contributed by atoms with Gasteiger partial charge in [0.15, 0.2) is 5.75 Å². The van der Waals surface area contributed by atoms with Gasteiger partial charge < -0.3 is 15.0 Å². The van der Waals surface area contributed by atoms with Gasteiger partial charge in [0.05, 0.1) is 5.52 Å². The molecule has 1 fully saturated rings. The van der Waals surface area contributed by atoms with Crippen LogP contribution in [0, 0.1) is 6.92 Å². The maximum atomic E-state index is 12.8. The zero-order chi connectivity index (χ0) is 17.3. The largest absolute Gasteiger partial charge is 0.505 e. The molecule has 1 heterocycles. The lowest BCUT2D eigenvalue weighted by Crippen LogP contribution is -2.23. The number of nitrogens with one attached hydrogen (secondary N) is 1. The first-order chi connectivity index (χ1) is 10.9. The van der Waals surface area contributed by atoms with E-state index < -0.39 is 0 Å². The molecular formula is C18H23BrN2O2. The fourth-order valence-electron chi connectivity index (χ4n) is 2.64. The third kappa shape index (κ3) is 3.15. The van der Waals surface area contributed by atoms with Crippen molar-refractivity contribution < 1.29 is 5.11 Å². The molecule has 0 bridgehead atoms. The van der Waals surface area contributed by atoms with Crippen molar-refractivity contribution in [3.05, 3.63) is 44.8 Å². The summed E-state index contributed by atoms with van der Waals surface area (Å²) < 4.78 is 2.74. The van der Waals surface area contributed by atoms with Gasteiger partial charge in [-0.3, -0.25) is 4.79 Å². The molecule has 1 aromatic carbocycles. The highest BCUT2D eigenvalue weighted by atomic mass is 79.9. The van der Waals surface area contributed by atoms with Crippen molar-refractivity contribution in [1.82, 2.24) is 4.57 Å². The second-order valence-electron chi connectivity index (χ2n) is 5.60. The normalized spacial score (nSPS) is 13.4. The topological polar surface area (TPSA) is 54.3 Å². The predicted molar refractivity (Wildman–Crippen MR) is 100 cm³/mol. The van der Waals surface area contributed by atoms with Crippen molar-refractivity contribution in [2.24, 2.45) is 0 Å². The molecule has 2 aromatic rings. The van der Waals surface area contributed by atoms with Gasteiger partial charge in [0.25, 0.3) is 5.56 Å². The fourth-order valence-corrected chi connectivity index (χ4v) is 2.96. The Morgan fingerprint density at radius 1 is 1.39 bits per heavy atom. The summed E-state index contributed by atoms with van der Waals surface area (Å²) in [6.45, 7) is 11.5. The molecule has 1 aromatic heterocycles. The van der Waals surface area contributed by atoms with Crippen LogP contribution in [0.3, 0.4) is 0 Å². The van der Waals surface area contributed by atoms with E-state index in [0.717, 1.165) is 28.4 Å². The summed E-state index contributed by atoms with van der Waals surface area (Å²) in [5, 5.41) is 14.1. The van der Waals surface area contributed by atoms with E-state index in [0.29, 0.717) is 11.1 Å². The number of hydrogen-bond donors (Lipinski definition) is 2. The van der Waals surface area contributed by atoms with Gasteiger partial charge in [-0.2, -0.15) is 0 Å². The number of allylic oxidation sites excluding steroid dienone is 1. The summed E-state index contributed by atoms with van der Waals surface area (Å²) in [5.74, 6) is -0.00880. The Balaban J connectivity index is 0.000000924. The number of benzene rings is 1. The van der Waals surface area contributed by atoms with Crippen LogP contribution in [0.2, 0.25) is 0 Å². The number of aromatic hydroxyl groups is 1. The van der Waals surface area contributed by atoms with Crippen molar-refractivity contribution in [2.75, 3.05) is 5.32 Å². The predicted octanol–water partition coefficient (Wildman–Crippen LogP) is 5.08. The van der Waals surface area contributed by atoms with Crippen molar-refractivity contribution in [2.45, 2.75) is 46.6 Å². The van der Waals surface area contributed by atoms with Gasteiger partial charge in [-0.15, -0.1) is 0 Å². The van der Waals surface area contributed by atoms with Gasteiger partial charge in [0.2, 0.25) is 0 Å². The van der Waals surface area contributed by atoms with Crippen LogP contribution in [0.25, 0.3) is 10.9 Å². The Kier molecular flexibility index (Phi) is 5.19. The van der Waals surface area contributed by atoms with E-state index in [1.54, 1.807) is 11.5 Å². The SMILES string of the molecule is C=C(C)Nc1c(O)c2ccc(Br)c(C)c2n(C2CC2)c1=O.CC. The number of pyridine rings is 1. The van der Waals surface area contributed by atoms with E-state index in [-0.39, 0.29) is 23.0 Å². The standard InChI is InChI=1S/C16H17BrN2O2.C2H6/c1-8(2)18-13-15(20)11-6-7-12(17)9(3)14(11)19(16(13)21)10-4-5-10;1-2/h6-7,10,18,20H,1,4-5H2,2-3H3;1-2H3. The molecule has 4 nitrogen and oxygen atoms in total. The number of rotatable bonds is 3. The monoisotopic (exact) mass is 378 g/mol. The molecule has 1 aliphatic carbocycles. The lowest BCUT2D eigenvalue weighted by atomic mass is 10.1. The number of fused-ring (bicyclic) bond motifs is 1. The van der Waals surface area contributed by atoms with Crippen molar-refractivity contribution in [1.29, 1.82) is 0 Å². The van der Waals surface area contributed by atoms with Crippen LogP contribution in [0.15, 0.2) is 33.7 Å². The molecule has 0 saturated heterocycles. The van der Waals surface area contributed by atoms with E-state index in [2.05, 4.69) is 27.8 Å². The number of aromatic nitrogens is 1. The maximum absolute atomic E-state index is 12.8. The lowest BCUT2D eigenvalue weighted by molar-refractivity contribution is 0.481. The molecular weight excluding hydrogens is 356 g/mol. The lowest BCUT2D eigenvalue weighted by Gasteiger charge is -2.17. The second kappa shape index (κ2) is 6.79. The quantitative estimate of drug-likeness (QED) is 0.782. The minimum atomic E-state index is -0.188. The Labute approximate surface area is 145 Å². The number of halogens is 1. The fraction of sp³-hybridized carbons (Fsp3) is 0.389. The van der Waals surface area contributed by atoms with Gasteiger partial charge in [-0.05, 0) is 44.4 Å². The molecule has 0 radical (unpaired) electrons. The molecule has 0 atom stereocenters. The summed E-state index contributed by atoms with van der Waals surface area (Å²) in [6.07, 6.45) is 2.00. The summed E-state index contributed by atoms with van der Waals surface area (Å²) in [7, 11) is 0. The van der Waals surface area contributed by atoms with Crippen LogP contribution >= 0.6 is 15.9 Å². The third-order valence-electron chi connectivity index (χ3n) is 3.78. The highest BCUT2D eigenvalue weighted by Gasteiger charge is 2.30. The van der Waals surface area contributed by atoms with Gasteiger partial charge in [-0.25, -0.2) is 0 Å². The van der Waals surface area contributed by atoms with Crippen LogP contribution in [0.1, 0.15) is 45.2 Å². The Bertz CT molecular complexity index is 820. The summed E-state index contributed by atoms with van der Waals surface area (Å²) in [6, 6.07) is 3.95. The molecule has 0 amide bonds. The first-order valence-electron chi connectivity index (χ1n) is 7.90. The van der Waals surface area contributed by atoms with Gasteiger partial charge in [0.1, 0.15) is 5.69 Å². The average molecular weight is 379 g/mol. The summed E-state index contributed by atoms with van der Waals surface area (Å²) in [4.78, 5) is 12.8. The van der Waals surface area contributed by atoms with E-state index in [4.69, 9.17) is 0 Å². The van der Waals surface area contributed by atoms with E-state index in [1.165, 1.54) is 0 Å². The highest BCUT2D eigenvalue weighted by molar-refractivity contribution is 9.10. The molecule has 1 saturated carbocycles. The first kappa shape index (κ1) is 17.6. The summed E-state index contributed by atoms with van der Waals surface area (Å²) >= 11 is 3.50. The van der Waals surface area contributed by atoms with E-state index in [9.17, 15) is 9.90 Å². The van der Waals surface area contributed by atoms with Crippen LogP contribution in [-0.4, -0.2) is 9.67 Å². The van der Waals surface area contributed by atoms with E-state index >= 15 is 0 Å². The highest BCUT2D eigenvalue weighted by Crippen LogP contribution is 2.41. The van der Waals surface area contributed by atoms with Crippen molar-refractivity contribution in [3.8, 4) is 5.75 Å². The Morgan fingerprint density at radius 2 is 2.00 bits per heavy atom. The van der Waals surface area contributed by atoms with Gasteiger partial charge in [-0.1, -0.05) is 36.4 Å². The number of hydrogen-bond acceptors (Lipinski definition) is 3. The van der Waals surface area contributed by atoms with Crippen LogP contribution < -0.4 is 10.9 Å². The second-order valence-corrected chi connectivity index (χ2v) is 6.46. The molecule has 2 N–H and O–H groups in total. The smallest absolute Gasteiger partial charge is 0.278 e. The van der Waals surface area contributed by atoms with E-state index in [1.807, 2.05) is 32.9 Å². The third-order valence-corrected chi connectivity index (χ3v) is 4.64. The average Bonchev–Trinajstić information content (AvgIpc) is 3.34. The van der Waals surface area contributed by atoms with Gasteiger partial charge >= 0.3 is 0 Å². The summed E-state index contributed by atoms with van der Waals surface area (Å²) in [5.41, 5.74) is 2.42. The molecule has 5 heteroatoms. The Morgan fingerprint density at radius 3 is 2.52 bits per heavy atom. The zero-order valence-electron chi connectivity index (χ0n) is 14.0. The van der Waals surface area contributed by atoms with Gasteiger partial charge in [0, 0.05) is 21.6 Å². The number of aryl methyl sites for hydroxylation is 1. The van der Waals surface area contributed by atoms with Crippen LogP contribution in [-0.2, 0) is 0 Å². The first-order valence-corrected chi connectivity index (χ1v) is 8.70. The zero-order valence-corrected chi connectivity index (χ0v) is 15.6.